The summed E-state index contributed by atoms with van der Waals surface area (Å²) in [7, 11) is 0. The molecule has 0 saturated carbocycles. The molecule has 7 heteroatoms. The van der Waals surface area contributed by atoms with Crippen LogP contribution >= 0.6 is 11.3 Å². The third kappa shape index (κ3) is 2.90. The number of hydrogen-bond acceptors (Lipinski definition) is 4. The highest BCUT2D eigenvalue weighted by Gasteiger charge is 2.27. The lowest BCUT2D eigenvalue weighted by molar-refractivity contribution is -0.127. The largest absolute Gasteiger partial charge is 0.485 e. The fourth-order valence-corrected chi connectivity index (χ4v) is 3.84. The molecular weight excluding hydrogens is 355 g/mol. The second-order valence-electron chi connectivity index (χ2n) is 5.68. The van der Waals surface area contributed by atoms with Crippen LogP contribution in [0.15, 0.2) is 60.1 Å². The number of benzene rings is 2. The predicted octanol–water partition coefficient (Wildman–Crippen LogP) is 3.30. The fourth-order valence-electron chi connectivity index (χ4n) is 2.78. The van der Waals surface area contributed by atoms with Crippen LogP contribution < -0.4 is 14.3 Å². The van der Waals surface area contributed by atoms with E-state index in [0.29, 0.717) is 33.1 Å². The van der Waals surface area contributed by atoms with E-state index in [4.69, 9.17) is 9.47 Å². The van der Waals surface area contributed by atoms with Crippen LogP contribution in [-0.2, 0) is 11.3 Å². The molecule has 0 N–H and O–H groups in total. The molecule has 1 atom stereocenters. The molecule has 4 rings (SSSR count). The summed E-state index contributed by atoms with van der Waals surface area (Å²) in [6, 6.07) is 12.0. The molecule has 26 heavy (non-hydrogen) atoms. The minimum atomic E-state index is -0.836. The second-order valence-corrected chi connectivity index (χ2v) is 6.69. The number of allylic oxidation sites excluding steroid dienone is 1. The molecule has 0 spiro atoms. The Morgan fingerprint density at radius 2 is 2.12 bits per heavy atom. The number of para-hydroxylation sites is 3. The smallest absolute Gasteiger partial charge is 0.292 e. The van der Waals surface area contributed by atoms with Crippen molar-refractivity contribution in [2.75, 3.05) is 6.61 Å². The van der Waals surface area contributed by atoms with E-state index in [1.165, 1.54) is 17.4 Å². The molecule has 3 aromatic rings. The van der Waals surface area contributed by atoms with Crippen molar-refractivity contribution in [1.82, 2.24) is 4.57 Å². The first-order chi connectivity index (χ1) is 12.7. The van der Waals surface area contributed by atoms with Gasteiger partial charge in [-0.2, -0.15) is 4.99 Å². The molecule has 0 bridgehead atoms. The molecule has 0 fully saturated rings. The summed E-state index contributed by atoms with van der Waals surface area (Å²) in [5.74, 6) is 0.279. The van der Waals surface area contributed by atoms with Crippen LogP contribution in [0.5, 0.6) is 11.5 Å². The molecule has 1 amide bonds. The van der Waals surface area contributed by atoms with Crippen molar-refractivity contribution in [3.8, 4) is 11.5 Å². The number of ether oxygens (including phenoxy) is 2. The Labute approximate surface area is 152 Å². The molecule has 1 aliphatic rings. The molecule has 1 aliphatic heterocycles. The standard InChI is InChI=1S/C19H15FN2O3S/c1-2-10-22-17-12(20)6-5-9-16(17)26-19(22)21-18(23)15-11-24-13-7-3-4-8-14(13)25-15/h2-9,15H,1,10-11H2/t15-/m0/s1. The normalized spacial score (nSPS) is 16.7. The Balaban J connectivity index is 1.72. The monoisotopic (exact) mass is 370 g/mol. The Kier molecular flexibility index (Phi) is 4.30. The summed E-state index contributed by atoms with van der Waals surface area (Å²) in [6.45, 7) is 4.13. The Hall–Kier alpha value is -2.93. The highest BCUT2D eigenvalue weighted by molar-refractivity contribution is 7.16. The quantitative estimate of drug-likeness (QED) is 0.665. The second kappa shape index (κ2) is 6.76. The van der Waals surface area contributed by atoms with Crippen molar-refractivity contribution < 1.29 is 18.7 Å². The van der Waals surface area contributed by atoms with Crippen LogP contribution in [0.3, 0.4) is 0 Å². The lowest BCUT2D eigenvalue weighted by Crippen LogP contribution is -2.36. The average Bonchev–Trinajstić information content (AvgIpc) is 3.00. The number of carbonyl (C=O) groups excluding carboxylic acids is 1. The van der Waals surface area contributed by atoms with Crippen LogP contribution in [0.4, 0.5) is 4.39 Å². The Morgan fingerprint density at radius 1 is 1.31 bits per heavy atom. The Bertz CT molecular complexity index is 1070. The highest BCUT2D eigenvalue weighted by Crippen LogP contribution is 2.31. The maximum Gasteiger partial charge on any atom is 0.292 e. The molecule has 0 radical (unpaired) electrons. The van der Waals surface area contributed by atoms with Gasteiger partial charge in [0.05, 0.1) is 10.2 Å². The zero-order valence-electron chi connectivity index (χ0n) is 13.7. The maximum atomic E-state index is 14.2. The van der Waals surface area contributed by atoms with Crippen LogP contribution in [0.2, 0.25) is 0 Å². The van der Waals surface area contributed by atoms with Crippen molar-refractivity contribution in [3.05, 3.63) is 65.7 Å². The van der Waals surface area contributed by atoms with Crippen molar-refractivity contribution >= 4 is 27.5 Å². The van der Waals surface area contributed by atoms with E-state index in [2.05, 4.69) is 11.6 Å². The predicted molar refractivity (Wildman–Crippen MR) is 96.9 cm³/mol. The zero-order valence-corrected chi connectivity index (χ0v) is 14.5. The number of amides is 1. The zero-order chi connectivity index (χ0) is 18.1. The summed E-state index contributed by atoms with van der Waals surface area (Å²) in [4.78, 5) is 17.2. The minimum Gasteiger partial charge on any atom is -0.485 e. The molecule has 2 aromatic carbocycles. The summed E-state index contributed by atoms with van der Waals surface area (Å²) < 4.78 is 27.8. The maximum absolute atomic E-state index is 14.2. The number of carbonyl (C=O) groups is 1. The number of rotatable bonds is 3. The number of thiazole rings is 1. The SMILES string of the molecule is C=CCn1c(=NC(=O)[C@@H]2COc3ccccc3O2)sc2cccc(F)c21. The van der Waals surface area contributed by atoms with E-state index < -0.39 is 12.0 Å². The first-order valence-electron chi connectivity index (χ1n) is 8.03. The van der Waals surface area contributed by atoms with Crippen LogP contribution in [0.25, 0.3) is 10.2 Å². The van der Waals surface area contributed by atoms with Crippen molar-refractivity contribution in [1.29, 1.82) is 0 Å². The van der Waals surface area contributed by atoms with Crippen LogP contribution in [-0.4, -0.2) is 23.2 Å². The molecule has 0 aliphatic carbocycles. The van der Waals surface area contributed by atoms with Gasteiger partial charge < -0.3 is 14.0 Å². The highest BCUT2D eigenvalue weighted by atomic mass is 32.1. The number of halogens is 1. The number of nitrogens with zero attached hydrogens (tertiary/aromatic N) is 2. The lowest BCUT2D eigenvalue weighted by atomic mass is 10.2. The lowest BCUT2D eigenvalue weighted by Gasteiger charge is -2.23. The van der Waals surface area contributed by atoms with Gasteiger partial charge in [0, 0.05) is 6.54 Å². The third-order valence-corrected chi connectivity index (χ3v) is 5.00. The third-order valence-electron chi connectivity index (χ3n) is 3.95. The van der Waals surface area contributed by atoms with Crippen molar-refractivity contribution in [2.24, 2.45) is 4.99 Å². The van der Waals surface area contributed by atoms with Gasteiger partial charge in [-0.1, -0.05) is 35.6 Å². The molecule has 5 nitrogen and oxygen atoms in total. The van der Waals surface area contributed by atoms with Gasteiger partial charge in [-0.25, -0.2) is 4.39 Å². The molecule has 132 valence electrons. The summed E-state index contributed by atoms with van der Waals surface area (Å²) in [6.07, 6.45) is 0.801. The average molecular weight is 370 g/mol. The minimum absolute atomic E-state index is 0.0834. The van der Waals surface area contributed by atoms with Crippen molar-refractivity contribution in [3.63, 3.8) is 0 Å². The van der Waals surface area contributed by atoms with Gasteiger partial charge in [0.2, 0.25) is 6.10 Å². The molecule has 2 heterocycles. The topological polar surface area (TPSA) is 52.8 Å². The van der Waals surface area contributed by atoms with Gasteiger partial charge in [0.1, 0.15) is 12.4 Å². The van der Waals surface area contributed by atoms with Crippen molar-refractivity contribution in [2.45, 2.75) is 12.6 Å². The van der Waals surface area contributed by atoms with Gasteiger partial charge in [0.25, 0.3) is 5.91 Å². The molecule has 0 unspecified atom stereocenters. The van der Waals surface area contributed by atoms with E-state index in [1.54, 1.807) is 41.0 Å². The molecular formula is C19H15FN2O3S. The van der Waals surface area contributed by atoms with Crippen LogP contribution in [0, 0.1) is 5.82 Å². The first-order valence-corrected chi connectivity index (χ1v) is 8.85. The summed E-state index contributed by atoms with van der Waals surface area (Å²) in [5, 5.41) is 0. The summed E-state index contributed by atoms with van der Waals surface area (Å²) in [5.41, 5.74) is 0.412. The number of fused-ring (bicyclic) bond motifs is 2. The van der Waals surface area contributed by atoms with Gasteiger partial charge in [-0.15, -0.1) is 6.58 Å². The number of hydrogen-bond donors (Lipinski definition) is 0. The van der Waals surface area contributed by atoms with E-state index >= 15 is 0 Å². The van der Waals surface area contributed by atoms with E-state index in [1.807, 2.05) is 6.07 Å². The van der Waals surface area contributed by atoms with Gasteiger partial charge in [-0.3, -0.25) is 4.79 Å². The van der Waals surface area contributed by atoms with Crippen LogP contribution in [0.1, 0.15) is 0 Å². The van der Waals surface area contributed by atoms with Gasteiger partial charge >= 0.3 is 0 Å². The Morgan fingerprint density at radius 3 is 2.92 bits per heavy atom. The summed E-state index contributed by atoms with van der Waals surface area (Å²) >= 11 is 1.25. The molecule has 0 saturated heterocycles. The van der Waals surface area contributed by atoms with E-state index in [9.17, 15) is 9.18 Å². The van der Waals surface area contributed by atoms with Gasteiger partial charge in [0.15, 0.2) is 16.3 Å². The first kappa shape index (κ1) is 16.5. The number of aromatic nitrogens is 1. The van der Waals surface area contributed by atoms with E-state index in [-0.39, 0.29) is 12.4 Å². The van der Waals surface area contributed by atoms with Gasteiger partial charge in [-0.05, 0) is 24.3 Å². The fraction of sp³-hybridized carbons (Fsp3) is 0.158. The van der Waals surface area contributed by atoms with E-state index in [0.717, 1.165) is 0 Å². The molecule has 1 aromatic heterocycles.